The molecule has 0 saturated heterocycles. The fourth-order valence-corrected chi connectivity index (χ4v) is 3.52. The number of rotatable bonds is 3. The SMILES string of the molecule is COC(=O)C1(C(=O)OC)CCc2cc3cc(C=O)[nH]c(=O)c3c(O)c21. The molecule has 0 saturated carbocycles. The number of H-pyrrole nitrogens is 1. The molecular weight excluding hydrogens is 330 g/mol. The van der Waals surface area contributed by atoms with Crippen LogP contribution in [-0.4, -0.2) is 42.5 Å². The van der Waals surface area contributed by atoms with E-state index in [1.807, 2.05) is 0 Å². The number of phenols is 1. The molecule has 8 heteroatoms. The Morgan fingerprint density at radius 3 is 2.44 bits per heavy atom. The van der Waals surface area contributed by atoms with Crippen LogP contribution in [0.15, 0.2) is 16.9 Å². The van der Waals surface area contributed by atoms with Gasteiger partial charge in [-0.2, -0.15) is 0 Å². The van der Waals surface area contributed by atoms with Crippen LogP contribution >= 0.6 is 0 Å². The summed E-state index contributed by atoms with van der Waals surface area (Å²) >= 11 is 0. The Bertz CT molecular complexity index is 957. The summed E-state index contributed by atoms with van der Waals surface area (Å²) in [5.74, 6) is -2.22. The van der Waals surface area contributed by atoms with Crippen LogP contribution in [0.2, 0.25) is 0 Å². The normalized spacial score (nSPS) is 14.8. The van der Waals surface area contributed by atoms with Crippen LogP contribution < -0.4 is 5.56 Å². The van der Waals surface area contributed by atoms with E-state index in [-0.39, 0.29) is 23.1 Å². The summed E-state index contributed by atoms with van der Waals surface area (Å²) in [6.07, 6.45) is 0.828. The largest absolute Gasteiger partial charge is 0.507 e. The number of phenolic OH excluding ortho intramolecular Hbond substituents is 1. The molecule has 3 rings (SSSR count). The minimum atomic E-state index is -1.83. The minimum Gasteiger partial charge on any atom is -0.507 e. The van der Waals surface area contributed by atoms with Crippen LogP contribution in [0.3, 0.4) is 0 Å². The molecule has 0 radical (unpaired) electrons. The molecule has 2 N–H and O–H groups in total. The zero-order valence-corrected chi connectivity index (χ0v) is 13.5. The first-order valence-corrected chi connectivity index (χ1v) is 7.45. The average molecular weight is 345 g/mol. The maximum Gasteiger partial charge on any atom is 0.327 e. The van der Waals surface area contributed by atoms with Gasteiger partial charge in [0.25, 0.3) is 5.56 Å². The number of esters is 2. The van der Waals surface area contributed by atoms with Crippen LogP contribution in [0.25, 0.3) is 10.8 Å². The summed E-state index contributed by atoms with van der Waals surface area (Å²) in [7, 11) is 2.26. The third kappa shape index (κ3) is 2.14. The number of fused-ring (bicyclic) bond motifs is 2. The van der Waals surface area contributed by atoms with E-state index in [0.717, 1.165) is 14.2 Å². The lowest BCUT2D eigenvalue weighted by Gasteiger charge is -2.25. The summed E-state index contributed by atoms with van der Waals surface area (Å²) in [4.78, 5) is 50.3. The van der Waals surface area contributed by atoms with Crippen molar-refractivity contribution in [3.8, 4) is 5.75 Å². The van der Waals surface area contributed by atoms with E-state index >= 15 is 0 Å². The number of aromatic nitrogens is 1. The highest BCUT2D eigenvalue weighted by atomic mass is 16.5. The predicted molar refractivity (Wildman–Crippen MR) is 85.7 cm³/mol. The molecule has 0 fully saturated rings. The second-order valence-electron chi connectivity index (χ2n) is 5.78. The maximum atomic E-state index is 12.4. The molecule has 0 bridgehead atoms. The van der Waals surface area contributed by atoms with Crippen molar-refractivity contribution in [2.75, 3.05) is 14.2 Å². The molecule has 0 amide bonds. The van der Waals surface area contributed by atoms with E-state index in [4.69, 9.17) is 9.47 Å². The smallest absolute Gasteiger partial charge is 0.327 e. The first-order chi connectivity index (χ1) is 11.9. The zero-order chi connectivity index (χ0) is 18.4. The number of pyridine rings is 1. The van der Waals surface area contributed by atoms with Crippen LogP contribution in [0.5, 0.6) is 5.75 Å². The Morgan fingerprint density at radius 2 is 1.88 bits per heavy atom. The van der Waals surface area contributed by atoms with E-state index in [1.165, 1.54) is 6.07 Å². The van der Waals surface area contributed by atoms with Crippen molar-refractivity contribution >= 4 is 29.0 Å². The van der Waals surface area contributed by atoms with Crippen molar-refractivity contribution in [2.45, 2.75) is 18.3 Å². The van der Waals surface area contributed by atoms with Crippen molar-refractivity contribution < 1.29 is 29.0 Å². The number of benzene rings is 1. The Balaban J connectivity index is 2.42. The van der Waals surface area contributed by atoms with Crippen molar-refractivity contribution in [3.05, 3.63) is 39.3 Å². The molecule has 1 heterocycles. The first-order valence-electron chi connectivity index (χ1n) is 7.45. The van der Waals surface area contributed by atoms with E-state index in [2.05, 4.69) is 4.98 Å². The quantitative estimate of drug-likeness (QED) is 0.474. The second-order valence-corrected chi connectivity index (χ2v) is 5.78. The van der Waals surface area contributed by atoms with Gasteiger partial charge < -0.3 is 19.6 Å². The molecule has 0 atom stereocenters. The van der Waals surface area contributed by atoms with E-state index in [1.54, 1.807) is 6.07 Å². The summed E-state index contributed by atoms with van der Waals surface area (Å²) in [6, 6.07) is 3.00. The third-order valence-electron chi connectivity index (χ3n) is 4.60. The number of nitrogens with one attached hydrogen (secondary N) is 1. The maximum absolute atomic E-state index is 12.4. The van der Waals surface area contributed by atoms with Crippen molar-refractivity contribution in [1.82, 2.24) is 4.98 Å². The van der Waals surface area contributed by atoms with Crippen molar-refractivity contribution in [1.29, 1.82) is 0 Å². The standard InChI is InChI=1S/C17H15NO7/c1-24-15(22)17(16(23)25-2)4-3-8-5-9-6-10(7-19)18-14(21)11(9)13(20)12(8)17/h5-7,20H,3-4H2,1-2H3,(H,18,21). The highest BCUT2D eigenvalue weighted by molar-refractivity contribution is 6.10. The number of aryl methyl sites for hydroxylation is 1. The van der Waals surface area contributed by atoms with Gasteiger partial charge in [0, 0.05) is 5.56 Å². The van der Waals surface area contributed by atoms with Crippen LogP contribution in [0.4, 0.5) is 0 Å². The molecule has 0 unspecified atom stereocenters. The van der Waals surface area contributed by atoms with Gasteiger partial charge in [-0.15, -0.1) is 0 Å². The van der Waals surface area contributed by atoms with Crippen molar-refractivity contribution in [2.24, 2.45) is 0 Å². The average Bonchev–Trinajstić information content (AvgIpc) is 3.00. The second kappa shape index (κ2) is 5.73. The molecule has 0 spiro atoms. The number of aromatic hydroxyl groups is 1. The van der Waals surface area contributed by atoms with E-state index < -0.39 is 28.7 Å². The molecule has 8 nitrogen and oxygen atoms in total. The number of carbonyl (C=O) groups is 3. The lowest BCUT2D eigenvalue weighted by atomic mass is 9.80. The van der Waals surface area contributed by atoms with Gasteiger partial charge in [0.1, 0.15) is 5.75 Å². The predicted octanol–water partition coefficient (Wildman–Crippen LogP) is 0.576. The van der Waals surface area contributed by atoms with Crippen molar-refractivity contribution in [3.63, 3.8) is 0 Å². The summed E-state index contributed by atoms with van der Waals surface area (Å²) in [5.41, 5.74) is -1.93. The number of hydrogen-bond acceptors (Lipinski definition) is 7. The number of ether oxygens (including phenoxy) is 2. The molecule has 1 aliphatic carbocycles. The third-order valence-corrected chi connectivity index (χ3v) is 4.60. The molecule has 1 aliphatic rings. The number of aldehydes is 1. The fourth-order valence-electron chi connectivity index (χ4n) is 3.52. The monoisotopic (exact) mass is 345 g/mol. The van der Waals surface area contributed by atoms with Crippen LogP contribution in [0.1, 0.15) is 28.0 Å². The number of methoxy groups -OCH3 is 2. The van der Waals surface area contributed by atoms with Gasteiger partial charge in [-0.25, -0.2) is 0 Å². The minimum absolute atomic E-state index is 0.0167. The number of hydrogen-bond donors (Lipinski definition) is 2. The fraction of sp³-hybridized carbons (Fsp3) is 0.294. The lowest BCUT2D eigenvalue weighted by Crippen LogP contribution is -2.43. The molecule has 25 heavy (non-hydrogen) atoms. The highest BCUT2D eigenvalue weighted by Crippen LogP contribution is 2.47. The van der Waals surface area contributed by atoms with Gasteiger partial charge >= 0.3 is 11.9 Å². The summed E-state index contributed by atoms with van der Waals surface area (Å²) in [5, 5.41) is 10.9. The molecular formula is C17H15NO7. The Kier molecular flexibility index (Phi) is 3.82. The van der Waals surface area contributed by atoms with E-state index in [9.17, 15) is 24.3 Å². The highest BCUT2D eigenvalue weighted by Gasteiger charge is 2.56. The Labute approximate surface area is 141 Å². The van der Waals surface area contributed by atoms with Gasteiger partial charge in [-0.05, 0) is 29.9 Å². The summed E-state index contributed by atoms with van der Waals surface area (Å²) in [6.45, 7) is 0. The number of carbonyl (C=O) groups excluding carboxylic acids is 3. The van der Waals surface area contributed by atoms with Gasteiger partial charge in [-0.3, -0.25) is 19.2 Å². The summed E-state index contributed by atoms with van der Waals surface area (Å²) < 4.78 is 9.54. The van der Waals surface area contributed by atoms with Crippen LogP contribution in [-0.2, 0) is 30.9 Å². The van der Waals surface area contributed by atoms with Gasteiger partial charge in [-0.1, -0.05) is 6.07 Å². The Morgan fingerprint density at radius 1 is 1.24 bits per heavy atom. The van der Waals surface area contributed by atoms with E-state index in [0.29, 0.717) is 23.7 Å². The molecule has 130 valence electrons. The van der Waals surface area contributed by atoms with Gasteiger partial charge in [0.15, 0.2) is 11.7 Å². The van der Waals surface area contributed by atoms with Gasteiger partial charge in [0.05, 0.1) is 25.3 Å². The topological polar surface area (TPSA) is 123 Å². The molecule has 1 aromatic carbocycles. The molecule has 2 aromatic rings. The molecule has 1 aromatic heterocycles. The van der Waals surface area contributed by atoms with Crippen LogP contribution in [0, 0.1) is 0 Å². The zero-order valence-electron chi connectivity index (χ0n) is 13.5. The Hall–Kier alpha value is -3.16. The molecule has 0 aliphatic heterocycles. The first kappa shape index (κ1) is 16.7. The van der Waals surface area contributed by atoms with Gasteiger partial charge in [0.2, 0.25) is 0 Å². The number of aromatic amines is 1. The lowest BCUT2D eigenvalue weighted by molar-refractivity contribution is -0.162.